The molecule has 0 heterocycles. The molecule has 2 nitrogen and oxygen atoms in total. The molecule has 0 aromatic heterocycles. The zero-order valence-corrected chi connectivity index (χ0v) is 8.93. The summed E-state index contributed by atoms with van der Waals surface area (Å²) >= 11 is 0. The van der Waals surface area contributed by atoms with Crippen LogP contribution in [-0.4, -0.2) is 16.8 Å². The van der Waals surface area contributed by atoms with E-state index < -0.39 is 0 Å². The Bertz CT molecular complexity index is 515. The highest BCUT2D eigenvalue weighted by Gasteiger charge is 1.95. The Kier molecular flexibility index (Phi) is 3.22. The van der Waals surface area contributed by atoms with E-state index in [1.165, 1.54) is 0 Å². The lowest BCUT2D eigenvalue weighted by atomic mass is 10.1. The number of rotatable bonds is 3. The topological polar surface area (TPSA) is 40.5 Å². The average molecular weight is 214 g/mol. The van der Waals surface area contributed by atoms with Crippen LogP contribution in [0.1, 0.15) is 12.0 Å². The molecule has 0 unspecified atom stereocenters. The van der Waals surface area contributed by atoms with Crippen LogP contribution in [0.5, 0.6) is 5.75 Å². The van der Waals surface area contributed by atoms with Crippen LogP contribution >= 0.6 is 0 Å². The van der Waals surface area contributed by atoms with Gasteiger partial charge >= 0.3 is 0 Å². The normalized spacial score (nSPS) is 11.3. The van der Waals surface area contributed by atoms with Crippen LogP contribution in [0.4, 0.5) is 0 Å². The van der Waals surface area contributed by atoms with Crippen LogP contribution in [0.15, 0.2) is 42.5 Å². The number of hydrogen-bond donors (Lipinski definition) is 2. The van der Waals surface area contributed by atoms with E-state index in [0.717, 1.165) is 16.3 Å². The fourth-order valence-electron chi connectivity index (χ4n) is 1.65. The number of aromatic hydroxyl groups is 1. The van der Waals surface area contributed by atoms with Crippen molar-refractivity contribution < 1.29 is 10.2 Å². The first-order chi connectivity index (χ1) is 7.79. The maximum Gasteiger partial charge on any atom is 0.116 e. The van der Waals surface area contributed by atoms with Gasteiger partial charge in [0.2, 0.25) is 0 Å². The second-order valence-corrected chi connectivity index (χ2v) is 3.71. The van der Waals surface area contributed by atoms with Gasteiger partial charge in [-0.15, -0.1) is 0 Å². The van der Waals surface area contributed by atoms with E-state index in [1.807, 2.05) is 36.4 Å². The van der Waals surface area contributed by atoms with Gasteiger partial charge < -0.3 is 10.2 Å². The second kappa shape index (κ2) is 4.81. The highest BCUT2D eigenvalue weighted by Crippen LogP contribution is 2.21. The number of phenols is 1. The number of aliphatic hydroxyl groups is 1. The minimum atomic E-state index is 0.171. The summed E-state index contributed by atoms with van der Waals surface area (Å²) in [7, 11) is 0. The Labute approximate surface area is 94.5 Å². The van der Waals surface area contributed by atoms with Crippen LogP contribution in [0.25, 0.3) is 16.8 Å². The molecule has 0 spiro atoms. The lowest BCUT2D eigenvalue weighted by molar-refractivity contribution is 0.303. The first kappa shape index (κ1) is 10.7. The summed E-state index contributed by atoms with van der Waals surface area (Å²) in [6.07, 6.45) is 4.57. The number of hydrogen-bond acceptors (Lipinski definition) is 2. The zero-order valence-electron chi connectivity index (χ0n) is 8.93. The molecule has 0 aliphatic rings. The van der Waals surface area contributed by atoms with E-state index in [-0.39, 0.29) is 12.4 Å². The van der Waals surface area contributed by atoms with Crippen molar-refractivity contribution in [1.29, 1.82) is 0 Å². The SMILES string of the molecule is OCCC=Cc1ccc2ccc(O)cc2c1. The lowest BCUT2D eigenvalue weighted by Crippen LogP contribution is -1.78. The molecular weight excluding hydrogens is 200 g/mol. The highest BCUT2D eigenvalue weighted by molar-refractivity contribution is 5.85. The van der Waals surface area contributed by atoms with Gasteiger partial charge in [-0.1, -0.05) is 30.4 Å². The summed E-state index contributed by atoms with van der Waals surface area (Å²) in [5, 5.41) is 20.2. The van der Waals surface area contributed by atoms with E-state index in [2.05, 4.69) is 0 Å². The highest BCUT2D eigenvalue weighted by atomic mass is 16.3. The minimum absolute atomic E-state index is 0.171. The second-order valence-electron chi connectivity index (χ2n) is 3.71. The summed E-state index contributed by atoms with van der Waals surface area (Å²) < 4.78 is 0. The Morgan fingerprint density at radius 2 is 1.81 bits per heavy atom. The molecule has 2 N–H and O–H groups in total. The van der Waals surface area contributed by atoms with Gasteiger partial charge in [0, 0.05) is 6.61 Å². The average Bonchev–Trinajstić information content (AvgIpc) is 2.29. The van der Waals surface area contributed by atoms with Gasteiger partial charge in [-0.05, 0) is 41.0 Å². The van der Waals surface area contributed by atoms with Crippen molar-refractivity contribution in [3.8, 4) is 5.75 Å². The molecular formula is C14H14O2. The van der Waals surface area contributed by atoms with Gasteiger partial charge in [-0.3, -0.25) is 0 Å². The number of aliphatic hydroxyl groups excluding tert-OH is 1. The largest absolute Gasteiger partial charge is 0.508 e. The summed E-state index contributed by atoms with van der Waals surface area (Å²) in [5.41, 5.74) is 1.08. The van der Waals surface area contributed by atoms with Crippen LogP contribution in [-0.2, 0) is 0 Å². The summed E-state index contributed by atoms with van der Waals surface area (Å²) in [5.74, 6) is 0.281. The number of phenolic OH excluding ortho intramolecular Hbond substituents is 1. The van der Waals surface area contributed by atoms with E-state index in [1.54, 1.807) is 12.1 Å². The predicted molar refractivity (Wildman–Crippen MR) is 66.3 cm³/mol. The molecule has 0 saturated carbocycles. The Balaban J connectivity index is 2.35. The molecule has 0 atom stereocenters. The standard InChI is InChI=1S/C14H14O2/c15-8-2-1-3-11-4-5-12-6-7-14(16)10-13(12)9-11/h1,3-7,9-10,15-16H,2,8H2. The van der Waals surface area contributed by atoms with Crippen LogP contribution < -0.4 is 0 Å². The van der Waals surface area contributed by atoms with Crippen molar-refractivity contribution in [1.82, 2.24) is 0 Å². The van der Waals surface area contributed by atoms with E-state index >= 15 is 0 Å². The summed E-state index contributed by atoms with van der Waals surface area (Å²) in [4.78, 5) is 0. The molecule has 0 radical (unpaired) electrons. The van der Waals surface area contributed by atoms with Gasteiger partial charge in [0.05, 0.1) is 0 Å². The molecule has 0 amide bonds. The predicted octanol–water partition coefficient (Wildman–Crippen LogP) is 2.94. The lowest BCUT2D eigenvalue weighted by Gasteiger charge is -2.00. The molecule has 0 fully saturated rings. The van der Waals surface area contributed by atoms with Gasteiger partial charge in [0.1, 0.15) is 5.75 Å². The van der Waals surface area contributed by atoms with Crippen LogP contribution in [0.2, 0.25) is 0 Å². The Hall–Kier alpha value is -1.80. The first-order valence-corrected chi connectivity index (χ1v) is 5.30. The maximum absolute atomic E-state index is 9.38. The minimum Gasteiger partial charge on any atom is -0.508 e. The molecule has 2 aromatic carbocycles. The van der Waals surface area contributed by atoms with E-state index in [0.29, 0.717) is 6.42 Å². The molecule has 82 valence electrons. The van der Waals surface area contributed by atoms with Gasteiger partial charge in [-0.25, -0.2) is 0 Å². The van der Waals surface area contributed by atoms with Crippen LogP contribution in [0, 0.1) is 0 Å². The van der Waals surface area contributed by atoms with E-state index in [4.69, 9.17) is 5.11 Å². The monoisotopic (exact) mass is 214 g/mol. The van der Waals surface area contributed by atoms with Crippen molar-refractivity contribution in [3.63, 3.8) is 0 Å². The van der Waals surface area contributed by atoms with Crippen LogP contribution in [0.3, 0.4) is 0 Å². The van der Waals surface area contributed by atoms with E-state index in [9.17, 15) is 5.11 Å². The number of fused-ring (bicyclic) bond motifs is 1. The molecule has 2 heteroatoms. The first-order valence-electron chi connectivity index (χ1n) is 5.30. The zero-order chi connectivity index (χ0) is 11.4. The third-order valence-corrected chi connectivity index (χ3v) is 2.45. The smallest absolute Gasteiger partial charge is 0.116 e. The molecule has 16 heavy (non-hydrogen) atoms. The summed E-state index contributed by atoms with van der Waals surface area (Å²) in [6, 6.07) is 11.4. The van der Waals surface area contributed by atoms with Gasteiger partial charge in [0.15, 0.2) is 0 Å². The quantitative estimate of drug-likeness (QED) is 0.824. The third kappa shape index (κ3) is 2.41. The van der Waals surface area contributed by atoms with Crippen molar-refractivity contribution in [2.75, 3.05) is 6.61 Å². The number of benzene rings is 2. The van der Waals surface area contributed by atoms with Gasteiger partial charge in [0.25, 0.3) is 0 Å². The molecule has 0 aliphatic carbocycles. The van der Waals surface area contributed by atoms with Gasteiger partial charge in [-0.2, -0.15) is 0 Å². The summed E-state index contributed by atoms with van der Waals surface area (Å²) in [6.45, 7) is 0.171. The molecule has 0 aliphatic heterocycles. The Morgan fingerprint density at radius 1 is 1.00 bits per heavy atom. The molecule has 0 bridgehead atoms. The van der Waals surface area contributed by atoms with Crippen molar-refractivity contribution in [2.45, 2.75) is 6.42 Å². The molecule has 2 rings (SSSR count). The molecule has 0 saturated heterocycles. The van der Waals surface area contributed by atoms with Crippen molar-refractivity contribution in [2.24, 2.45) is 0 Å². The maximum atomic E-state index is 9.38. The molecule has 2 aromatic rings. The van der Waals surface area contributed by atoms with Crippen molar-refractivity contribution >= 4 is 16.8 Å². The fourth-order valence-corrected chi connectivity index (χ4v) is 1.65. The third-order valence-electron chi connectivity index (χ3n) is 2.45. The Morgan fingerprint density at radius 3 is 2.62 bits per heavy atom. The fraction of sp³-hybridized carbons (Fsp3) is 0.143. The van der Waals surface area contributed by atoms with Crippen molar-refractivity contribution in [3.05, 3.63) is 48.0 Å².